The van der Waals surface area contributed by atoms with Gasteiger partial charge in [-0.2, -0.15) is 5.10 Å². The predicted octanol–water partition coefficient (Wildman–Crippen LogP) is 3.24. The van der Waals surface area contributed by atoms with Crippen LogP contribution in [0.15, 0.2) is 40.4 Å². The number of halogens is 1. The number of aryl methyl sites for hydroxylation is 1. The number of hydrogen-bond donors (Lipinski definition) is 1. The van der Waals surface area contributed by atoms with E-state index in [2.05, 4.69) is 5.10 Å². The van der Waals surface area contributed by atoms with Gasteiger partial charge in [-0.25, -0.2) is 0 Å². The SMILES string of the molecule is C[C@H](N)c1ccc(Sc2cnn(C)c2)c(Cl)c1. The highest BCUT2D eigenvalue weighted by Gasteiger charge is 2.07. The van der Waals surface area contributed by atoms with Gasteiger partial charge in [-0.1, -0.05) is 29.4 Å². The lowest BCUT2D eigenvalue weighted by molar-refractivity contribution is 0.766. The molecule has 2 aromatic rings. The maximum Gasteiger partial charge on any atom is 0.0629 e. The van der Waals surface area contributed by atoms with Crippen LogP contribution in [0.25, 0.3) is 0 Å². The Kier molecular flexibility index (Phi) is 3.76. The average molecular weight is 268 g/mol. The van der Waals surface area contributed by atoms with E-state index in [-0.39, 0.29) is 6.04 Å². The summed E-state index contributed by atoms with van der Waals surface area (Å²) in [4.78, 5) is 2.09. The topological polar surface area (TPSA) is 43.8 Å². The van der Waals surface area contributed by atoms with Crippen molar-refractivity contribution in [3.8, 4) is 0 Å². The summed E-state index contributed by atoms with van der Waals surface area (Å²) >= 11 is 7.83. The fourth-order valence-corrected chi connectivity index (χ4v) is 2.62. The van der Waals surface area contributed by atoms with E-state index in [1.54, 1.807) is 16.4 Å². The van der Waals surface area contributed by atoms with E-state index in [9.17, 15) is 0 Å². The first-order chi connectivity index (χ1) is 8.06. The van der Waals surface area contributed by atoms with Gasteiger partial charge >= 0.3 is 0 Å². The van der Waals surface area contributed by atoms with E-state index in [1.165, 1.54) is 0 Å². The quantitative estimate of drug-likeness (QED) is 0.928. The molecule has 2 N–H and O–H groups in total. The molecule has 0 spiro atoms. The normalized spacial score (nSPS) is 12.7. The molecule has 5 heteroatoms. The fraction of sp³-hybridized carbons (Fsp3) is 0.250. The molecule has 0 fully saturated rings. The standard InChI is InChI=1S/C12H14ClN3S/c1-8(14)9-3-4-12(11(13)5-9)17-10-6-15-16(2)7-10/h3-8H,14H2,1-2H3/t8-/m0/s1. The summed E-state index contributed by atoms with van der Waals surface area (Å²) in [6, 6.07) is 5.93. The third-order valence-corrected chi connectivity index (χ3v) is 3.84. The Morgan fingerprint density at radius 2 is 2.24 bits per heavy atom. The zero-order chi connectivity index (χ0) is 12.4. The molecule has 1 aromatic carbocycles. The lowest BCUT2D eigenvalue weighted by atomic mass is 10.1. The largest absolute Gasteiger partial charge is 0.324 e. The zero-order valence-electron chi connectivity index (χ0n) is 9.72. The molecule has 0 amide bonds. The van der Waals surface area contributed by atoms with Gasteiger partial charge in [-0.15, -0.1) is 0 Å². The number of nitrogens with zero attached hydrogens (tertiary/aromatic N) is 2. The van der Waals surface area contributed by atoms with Gasteiger partial charge in [0, 0.05) is 24.2 Å². The highest BCUT2D eigenvalue weighted by molar-refractivity contribution is 7.99. The van der Waals surface area contributed by atoms with Crippen molar-refractivity contribution in [2.24, 2.45) is 12.8 Å². The minimum atomic E-state index is 0.00458. The van der Waals surface area contributed by atoms with E-state index in [4.69, 9.17) is 17.3 Å². The Morgan fingerprint density at radius 3 is 2.76 bits per heavy atom. The number of rotatable bonds is 3. The van der Waals surface area contributed by atoms with Gasteiger partial charge in [0.15, 0.2) is 0 Å². The van der Waals surface area contributed by atoms with Crippen LogP contribution in [0, 0.1) is 0 Å². The van der Waals surface area contributed by atoms with Crippen LogP contribution in [-0.2, 0) is 7.05 Å². The van der Waals surface area contributed by atoms with Crippen LogP contribution in [0.2, 0.25) is 5.02 Å². The molecule has 0 aliphatic rings. The van der Waals surface area contributed by atoms with Gasteiger partial charge in [-0.05, 0) is 24.6 Å². The molecule has 1 heterocycles. The first-order valence-corrected chi connectivity index (χ1v) is 6.47. The molecule has 0 saturated carbocycles. The molecule has 1 atom stereocenters. The molecule has 17 heavy (non-hydrogen) atoms. The average Bonchev–Trinajstić information content (AvgIpc) is 2.67. The predicted molar refractivity (Wildman–Crippen MR) is 71.4 cm³/mol. The molecule has 0 unspecified atom stereocenters. The van der Waals surface area contributed by atoms with E-state index in [1.807, 2.05) is 44.6 Å². The van der Waals surface area contributed by atoms with E-state index in [0.29, 0.717) is 0 Å². The van der Waals surface area contributed by atoms with Crippen molar-refractivity contribution in [1.82, 2.24) is 9.78 Å². The molecule has 90 valence electrons. The maximum absolute atomic E-state index is 6.23. The number of nitrogens with two attached hydrogens (primary N) is 1. The second-order valence-corrected chi connectivity index (χ2v) is 5.45. The number of benzene rings is 1. The lowest BCUT2D eigenvalue weighted by Gasteiger charge is -2.08. The maximum atomic E-state index is 6.23. The molecule has 0 aliphatic heterocycles. The Labute approximate surface area is 110 Å². The molecule has 0 bridgehead atoms. The third kappa shape index (κ3) is 3.03. The second-order valence-electron chi connectivity index (χ2n) is 3.93. The molecule has 0 radical (unpaired) electrons. The molecule has 0 aliphatic carbocycles. The Morgan fingerprint density at radius 1 is 1.47 bits per heavy atom. The Balaban J connectivity index is 2.22. The van der Waals surface area contributed by atoms with Crippen molar-refractivity contribution in [2.45, 2.75) is 22.8 Å². The smallest absolute Gasteiger partial charge is 0.0629 e. The third-order valence-electron chi connectivity index (χ3n) is 2.39. The van der Waals surface area contributed by atoms with Crippen LogP contribution in [-0.4, -0.2) is 9.78 Å². The zero-order valence-corrected chi connectivity index (χ0v) is 11.3. The highest BCUT2D eigenvalue weighted by Crippen LogP contribution is 2.34. The number of aromatic nitrogens is 2. The lowest BCUT2D eigenvalue weighted by Crippen LogP contribution is -2.04. The fourth-order valence-electron chi connectivity index (χ4n) is 1.46. The molecule has 0 saturated heterocycles. The first-order valence-electron chi connectivity index (χ1n) is 5.28. The van der Waals surface area contributed by atoms with E-state index >= 15 is 0 Å². The molecular formula is C12H14ClN3S. The minimum Gasteiger partial charge on any atom is -0.324 e. The Bertz CT molecular complexity index is 522. The van der Waals surface area contributed by atoms with Crippen LogP contribution in [0.5, 0.6) is 0 Å². The molecular weight excluding hydrogens is 254 g/mol. The van der Waals surface area contributed by atoms with Gasteiger partial charge in [0.05, 0.1) is 16.1 Å². The first kappa shape index (κ1) is 12.5. The summed E-state index contributed by atoms with van der Waals surface area (Å²) in [7, 11) is 1.89. The monoisotopic (exact) mass is 267 g/mol. The van der Waals surface area contributed by atoms with Crippen LogP contribution in [0.4, 0.5) is 0 Å². The summed E-state index contributed by atoms with van der Waals surface area (Å²) < 4.78 is 1.77. The van der Waals surface area contributed by atoms with Crippen molar-refractivity contribution >= 4 is 23.4 Å². The van der Waals surface area contributed by atoms with Crippen LogP contribution in [0.3, 0.4) is 0 Å². The van der Waals surface area contributed by atoms with E-state index in [0.717, 1.165) is 20.4 Å². The summed E-state index contributed by atoms with van der Waals surface area (Å²) in [6.45, 7) is 1.94. The summed E-state index contributed by atoms with van der Waals surface area (Å²) in [5.41, 5.74) is 6.86. The van der Waals surface area contributed by atoms with Crippen molar-refractivity contribution in [2.75, 3.05) is 0 Å². The van der Waals surface area contributed by atoms with Crippen LogP contribution in [0.1, 0.15) is 18.5 Å². The van der Waals surface area contributed by atoms with Crippen molar-refractivity contribution in [1.29, 1.82) is 0 Å². The van der Waals surface area contributed by atoms with Crippen molar-refractivity contribution < 1.29 is 0 Å². The van der Waals surface area contributed by atoms with Gasteiger partial charge in [-0.3, -0.25) is 4.68 Å². The summed E-state index contributed by atoms with van der Waals surface area (Å²) in [5, 5.41) is 4.85. The van der Waals surface area contributed by atoms with E-state index < -0.39 is 0 Å². The van der Waals surface area contributed by atoms with Gasteiger partial charge < -0.3 is 5.73 Å². The van der Waals surface area contributed by atoms with Crippen molar-refractivity contribution in [3.05, 3.63) is 41.2 Å². The number of hydrogen-bond acceptors (Lipinski definition) is 3. The van der Waals surface area contributed by atoms with Crippen LogP contribution < -0.4 is 5.73 Å². The highest BCUT2D eigenvalue weighted by atomic mass is 35.5. The minimum absolute atomic E-state index is 0.00458. The van der Waals surface area contributed by atoms with Crippen LogP contribution >= 0.6 is 23.4 Å². The summed E-state index contributed by atoms with van der Waals surface area (Å²) in [5.74, 6) is 0. The molecule has 3 nitrogen and oxygen atoms in total. The summed E-state index contributed by atoms with van der Waals surface area (Å²) in [6.07, 6.45) is 3.78. The Hall–Kier alpha value is -0.970. The molecule has 1 aromatic heterocycles. The second kappa shape index (κ2) is 5.12. The van der Waals surface area contributed by atoms with Crippen molar-refractivity contribution in [3.63, 3.8) is 0 Å². The van der Waals surface area contributed by atoms with Gasteiger partial charge in [0.1, 0.15) is 0 Å². The molecule has 2 rings (SSSR count). The van der Waals surface area contributed by atoms with Gasteiger partial charge in [0.25, 0.3) is 0 Å². The van der Waals surface area contributed by atoms with Gasteiger partial charge in [0.2, 0.25) is 0 Å².